The van der Waals surface area contributed by atoms with Gasteiger partial charge in [0.1, 0.15) is 0 Å². The van der Waals surface area contributed by atoms with Crippen LogP contribution in [0.3, 0.4) is 0 Å². The van der Waals surface area contributed by atoms with Crippen LogP contribution in [0.25, 0.3) is 0 Å². The topological polar surface area (TPSA) is 34.1 Å². The van der Waals surface area contributed by atoms with E-state index >= 15 is 0 Å². The molecule has 0 aromatic rings. The summed E-state index contributed by atoms with van der Waals surface area (Å²) in [6.45, 7) is 6.81. The molecule has 0 N–H and O–H groups in total. The first kappa shape index (κ1) is 13.5. The highest BCUT2D eigenvalue weighted by Crippen LogP contribution is 2.06. The van der Waals surface area contributed by atoms with Crippen molar-refractivity contribution in [1.29, 1.82) is 0 Å². The maximum atomic E-state index is 11.0. The first-order chi connectivity index (χ1) is 4.89. The zero-order valence-electron chi connectivity index (χ0n) is 7.76. The number of alkyl halides is 1. The Morgan fingerprint density at radius 3 is 1.09 bits per heavy atom. The van der Waals surface area contributed by atoms with E-state index in [9.17, 15) is 12.8 Å². The van der Waals surface area contributed by atoms with Crippen molar-refractivity contribution < 1.29 is 12.8 Å². The molecule has 0 spiro atoms. The minimum atomic E-state index is -2.81. The zero-order chi connectivity index (χ0) is 9.65. The first-order valence-electron chi connectivity index (χ1n) is 3.49. The average Bonchev–Trinajstić information content (AvgIpc) is 1.91. The lowest BCUT2D eigenvalue weighted by atomic mass is 10.5. The Labute approximate surface area is 68.7 Å². The van der Waals surface area contributed by atoms with Gasteiger partial charge in [-0.1, -0.05) is 0 Å². The van der Waals surface area contributed by atoms with Crippen LogP contribution in [0.5, 0.6) is 0 Å². The maximum absolute atomic E-state index is 11.0. The average molecular weight is 184 g/mol. The Bertz CT molecular complexity index is 157. The smallest absolute Gasteiger partial charge is 0.154 e. The standard InChI is InChI=1S/C6H14O2S.CH3F/c1-5(2)9(7,8)6(3)4;1-2/h5-6H,1-4H3;1H3. The van der Waals surface area contributed by atoms with Crippen LogP contribution in [0, 0.1) is 0 Å². The van der Waals surface area contributed by atoms with E-state index in [0.717, 1.165) is 0 Å². The lowest BCUT2D eigenvalue weighted by molar-refractivity contribution is 0.578. The van der Waals surface area contributed by atoms with Crippen LogP contribution < -0.4 is 0 Å². The lowest BCUT2D eigenvalue weighted by Crippen LogP contribution is -2.23. The summed E-state index contributed by atoms with van der Waals surface area (Å²) in [7, 11) is -2.31. The van der Waals surface area contributed by atoms with Crippen LogP contribution in [-0.2, 0) is 9.84 Å². The predicted molar refractivity (Wildman–Crippen MR) is 46.2 cm³/mol. The van der Waals surface area contributed by atoms with Gasteiger partial charge in [-0.05, 0) is 27.7 Å². The maximum Gasteiger partial charge on any atom is 0.154 e. The summed E-state index contributed by atoms with van der Waals surface area (Å²) in [5, 5.41) is -0.477. The molecule has 0 bridgehead atoms. The van der Waals surface area contributed by atoms with Crippen molar-refractivity contribution in [2.75, 3.05) is 7.18 Å². The van der Waals surface area contributed by atoms with Crippen molar-refractivity contribution in [2.45, 2.75) is 38.2 Å². The Balaban J connectivity index is 0. The van der Waals surface area contributed by atoms with Gasteiger partial charge in [0.2, 0.25) is 0 Å². The SMILES string of the molecule is CC(C)S(=O)(=O)C(C)C.CF. The van der Waals surface area contributed by atoms with Crippen molar-refractivity contribution in [2.24, 2.45) is 0 Å². The fraction of sp³-hybridized carbons (Fsp3) is 1.00. The number of halogens is 1. The Kier molecular flexibility index (Phi) is 6.76. The van der Waals surface area contributed by atoms with E-state index in [-0.39, 0.29) is 10.5 Å². The molecule has 0 saturated carbocycles. The molecule has 11 heavy (non-hydrogen) atoms. The van der Waals surface area contributed by atoms with Crippen LogP contribution in [0.2, 0.25) is 0 Å². The second-order valence-electron chi connectivity index (χ2n) is 2.69. The molecule has 0 unspecified atom stereocenters. The van der Waals surface area contributed by atoms with Gasteiger partial charge in [0.15, 0.2) is 9.84 Å². The molecule has 0 aliphatic carbocycles. The Morgan fingerprint density at radius 2 is 1.09 bits per heavy atom. The third kappa shape index (κ3) is 4.35. The minimum Gasteiger partial charge on any atom is -0.255 e. The van der Waals surface area contributed by atoms with Gasteiger partial charge in [-0.25, -0.2) is 8.42 Å². The van der Waals surface area contributed by atoms with E-state index in [1.807, 2.05) is 0 Å². The second kappa shape index (κ2) is 5.52. The molecule has 0 radical (unpaired) electrons. The molecule has 0 atom stereocenters. The summed E-state index contributed by atoms with van der Waals surface area (Å²) in [4.78, 5) is 0. The Hall–Kier alpha value is -0.120. The number of rotatable bonds is 2. The Morgan fingerprint density at radius 1 is 0.909 bits per heavy atom. The highest BCUT2D eigenvalue weighted by Gasteiger charge is 2.19. The third-order valence-corrected chi connectivity index (χ3v) is 3.94. The summed E-state index contributed by atoms with van der Waals surface area (Å²) < 4.78 is 31.6. The largest absolute Gasteiger partial charge is 0.255 e. The fourth-order valence-corrected chi connectivity index (χ4v) is 1.63. The van der Waals surface area contributed by atoms with Gasteiger partial charge in [-0.3, -0.25) is 4.39 Å². The molecule has 0 aromatic heterocycles. The molecule has 0 aliphatic rings. The van der Waals surface area contributed by atoms with Gasteiger partial charge in [-0.2, -0.15) is 0 Å². The van der Waals surface area contributed by atoms with Crippen molar-refractivity contribution in [3.05, 3.63) is 0 Å². The van der Waals surface area contributed by atoms with E-state index in [1.54, 1.807) is 27.7 Å². The molecule has 0 amide bonds. The summed E-state index contributed by atoms with van der Waals surface area (Å²) in [6.07, 6.45) is 0. The second-order valence-corrected chi connectivity index (χ2v) is 5.75. The molecule has 0 heterocycles. The van der Waals surface area contributed by atoms with E-state index in [4.69, 9.17) is 0 Å². The van der Waals surface area contributed by atoms with E-state index in [0.29, 0.717) is 7.18 Å². The van der Waals surface area contributed by atoms with Gasteiger partial charge < -0.3 is 0 Å². The van der Waals surface area contributed by atoms with E-state index < -0.39 is 9.84 Å². The molecule has 4 heteroatoms. The third-order valence-electron chi connectivity index (χ3n) is 1.31. The van der Waals surface area contributed by atoms with Crippen LogP contribution in [-0.4, -0.2) is 26.1 Å². The van der Waals surface area contributed by atoms with Gasteiger partial charge >= 0.3 is 0 Å². The molecule has 70 valence electrons. The summed E-state index contributed by atoms with van der Waals surface area (Å²) in [5.74, 6) is 0. The summed E-state index contributed by atoms with van der Waals surface area (Å²) >= 11 is 0. The highest BCUT2D eigenvalue weighted by atomic mass is 32.2. The molecule has 0 fully saturated rings. The van der Waals surface area contributed by atoms with Crippen molar-refractivity contribution in [3.63, 3.8) is 0 Å². The fourth-order valence-electron chi connectivity index (χ4n) is 0.544. The van der Waals surface area contributed by atoms with Crippen LogP contribution in [0.1, 0.15) is 27.7 Å². The molecule has 0 rings (SSSR count). The first-order valence-corrected chi connectivity index (χ1v) is 5.10. The normalized spacial score (nSPS) is 11.3. The van der Waals surface area contributed by atoms with Crippen molar-refractivity contribution in [3.8, 4) is 0 Å². The van der Waals surface area contributed by atoms with Gasteiger partial charge in [0.05, 0.1) is 17.7 Å². The van der Waals surface area contributed by atoms with Gasteiger partial charge in [0, 0.05) is 0 Å². The van der Waals surface area contributed by atoms with E-state index in [1.165, 1.54) is 0 Å². The summed E-state index contributed by atoms with van der Waals surface area (Å²) in [6, 6.07) is 0. The minimum absolute atomic E-state index is 0.238. The molecule has 0 aromatic carbocycles. The monoisotopic (exact) mass is 184 g/mol. The van der Waals surface area contributed by atoms with Crippen molar-refractivity contribution in [1.82, 2.24) is 0 Å². The van der Waals surface area contributed by atoms with Crippen molar-refractivity contribution >= 4 is 9.84 Å². The van der Waals surface area contributed by atoms with E-state index in [2.05, 4.69) is 0 Å². The van der Waals surface area contributed by atoms with Crippen LogP contribution in [0.4, 0.5) is 4.39 Å². The number of hydrogen-bond acceptors (Lipinski definition) is 2. The highest BCUT2D eigenvalue weighted by molar-refractivity contribution is 7.92. The number of sulfone groups is 1. The quantitative estimate of drug-likeness (QED) is 0.656. The molecule has 2 nitrogen and oxygen atoms in total. The molecular formula is C7H17FO2S. The van der Waals surface area contributed by atoms with Crippen LogP contribution >= 0.6 is 0 Å². The lowest BCUT2D eigenvalue weighted by Gasteiger charge is -2.09. The van der Waals surface area contributed by atoms with Crippen LogP contribution in [0.15, 0.2) is 0 Å². The zero-order valence-corrected chi connectivity index (χ0v) is 8.57. The van der Waals surface area contributed by atoms with Gasteiger partial charge in [0.25, 0.3) is 0 Å². The molecular weight excluding hydrogens is 167 g/mol. The molecule has 0 aliphatic heterocycles. The van der Waals surface area contributed by atoms with Gasteiger partial charge in [-0.15, -0.1) is 0 Å². The summed E-state index contributed by atoms with van der Waals surface area (Å²) in [5.41, 5.74) is 0. The number of hydrogen-bond donors (Lipinski definition) is 0. The molecule has 0 saturated heterocycles. The predicted octanol–water partition coefficient (Wildman–Crippen LogP) is 1.80.